The molecule has 0 fully saturated rings. The van der Waals surface area contributed by atoms with Crippen molar-refractivity contribution in [3.63, 3.8) is 0 Å². The van der Waals surface area contributed by atoms with Gasteiger partial charge in [-0.25, -0.2) is 0 Å². The van der Waals surface area contributed by atoms with E-state index in [1.807, 2.05) is 19.1 Å². The minimum atomic E-state index is 0.0731. The average Bonchev–Trinajstić information content (AvgIpc) is 2.79. The maximum absolute atomic E-state index is 5.88. The Kier molecular flexibility index (Phi) is 6.97. The van der Waals surface area contributed by atoms with E-state index in [0.717, 1.165) is 24.6 Å². The summed E-state index contributed by atoms with van der Waals surface area (Å²) in [7, 11) is 3.39. The van der Waals surface area contributed by atoms with Crippen LogP contribution in [0.1, 0.15) is 17.6 Å². The molecule has 0 aliphatic carbocycles. The van der Waals surface area contributed by atoms with Gasteiger partial charge in [0.05, 0.1) is 19.3 Å². The van der Waals surface area contributed by atoms with Gasteiger partial charge in [-0.2, -0.15) is 0 Å². The van der Waals surface area contributed by atoms with Crippen molar-refractivity contribution in [2.24, 2.45) is 5.73 Å². The summed E-state index contributed by atoms with van der Waals surface area (Å²) in [4.78, 5) is 2.23. The molecule has 0 saturated heterocycles. The Balaban J connectivity index is 2.71. The molecule has 0 aliphatic rings. The Morgan fingerprint density at radius 2 is 1.83 bits per heavy atom. The molecule has 0 spiro atoms. The maximum Gasteiger partial charge on any atom is 0.122 e. The first kappa shape index (κ1) is 15.2. The SMILES string of the molecule is COCCN(CCOC)C(CN)c1ccc(C)o1. The van der Waals surface area contributed by atoms with Gasteiger partial charge < -0.3 is 19.6 Å². The van der Waals surface area contributed by atoms with Gasteiger partial charge in [-0.05, 0) is 19.1 Å². The maximum atomic E-state index is 5.88. The summed E-state index contributed by atoms with van der Waals surface area (Å²) in [5.74, 6) is 1.81. The van der Waals surface area contributed by atoms with Gasteiger partial charge in [-0.15, -0.1) is 0 Å². The molecule has 1 rings (SSSR count). The predicted molar refractivity (Wildman–Crippen MR) is 70.6 cm³/mol. The zero-order chi connectivity index (χ0) is 13.4. The topological polar surface area (TPSA) is 60.9 Å². The van der Waals surface area contributed by atoms with Crippen LogP contribution in [0.3, 0.4) is 0 Å². The fourth-order valence-electron chi connectivity index (χ4n) is 1.92. The Morgan fingerprint density at radius 1 is 1.22 bits per heavy atom. The summed E-state index contributed by atoms with van der Waals surface area (Å²) in [6.07, 6.45) is 0. The smallest absolute Gasteiger partial charge is 0.122 e. The summed E-state index contributed by atoms with van der Waals surface area (Å²) in [6, 6.07) is 4.02. The second-order valence-electron chi connectivity index (χ2n) is 4.22. The van der Waals surface area contributed by atoms with Gasteiger partial charge in [0.1, 0.15) is 11.5 Å². The standard InChI is InChI=1S/C13H24N2O3/c1-11-4-5-13(18-11)12(10-14)15(6-8-16-2)7-9-17-3/h4-5,12H,6-10,14H2,1-3H3. The van der Waals surface area contributed by atoms with E-state index in [-0.39, 0.29) is 6.04 Å². The zero-order valence-electron chi connectivity index (χ0n) is 11.5. The van der Waals surface area contributed by atoms with Crippen LogP contribution in [0, 0.1) is 6.92 Å². The molecule has 5 nitrogen and oxygen atoms in total. The molecule has 1 atom stereocenters. The summed E-state index contributed by atoms with van der Waals surface area (Å²) >= 11 is 0. The van der Waals surface area contributed by atoms with Crippen molar-refractivity contribution in [1.29, 1.82) is 0 Å². The van der Waals surface area contributed by atoms with Crippen LogP contribution in [-0.2, 0) is 9.47 Å². The monoisotopic (exact) mass is 256 g/mol. The highest BCUT2D eigenvalue weighted by molar-refractivity contribution is 5.10. The number of hydrogen-bond acceptors (Lipinski definition) is 5. The molecule has 5 heteroatoms. The van der Waals surface area contributed by atoms with E-state index in [4.69, 9.17) is 19.6 Å². The van der Waals surface area contributed by atoms with Gasteiger partial charge in [0.15, 0.2) is 0 Å². The van der Waals surface area contributed by atoms with Crippen molar-refractivity contribution < 1.29 is 13.9 Å². The number of hydrogen-bond donors (Lipinski definition) is 1. The van der Waals surface area contributed by atoms with Gasteiger partial charge in [0, 0.05) is 33.9 Å². The number of furan rings is 1. The van der Waals surface area contributed by atoms with Gasteiger partial charge in [-0.1, -0.05) is 0 Å². The Bertz CT molecular complexity index is 320. The van der Waals surface area contributed by atoms with Crippen molar-refractivity contribution in [2.75, 3.05) is 47.1 Å². The van der Waals surface area contributed by atoms with E-state index in [2.05, 4.69) is 4.90 Å². The molecule has 1 aromatic rings. The van der Waals surface area contributed by atoms with E-state index < -0.39 is 0 Å². The van der Waals surface area contributed by atoms with Crippen molar-refractivity contribution in [2.45, 2.75) is 13.0 Å². The van der Waals surface area contributed by atoms with E-state index in [9.17, 15) is 0 Å². The number of nitrogens with zero attached hydrogens (tertiary/aromatic N) is 1. The average molecular weight is 256 g/mol. The number of ether oxygens (including phenoxy) is 2. The number of methoxy groups -OCH3 is 2. The van der Waals surface area contributed by atoms with Gasteiger partial charge >= 0.3 is 0 Å². The summed E-state index contributed by atoms with van der Waals surface area (Å²) < 4.78 is 15.9. The van der Waals surface area contributed by atoms with Gasteiger partial charge in [0.25, 0.3) is 0 Å². The van der Waals surface area contributed by atoms with Gasteiger partial charge in [0.2, 0.25) is 0 Å². The summed E-state index contributed by atoms with van der Waals surface area (Å²) in [5.41, 5.74) is 5.88. The van der Waals surface area contributed by atoms with Crippen molar-refractivity contribution >= 4 is 0 Å². The Morgan fingerprint density at radius 3 is 2.22 bits per heavy atom. The van der Waals surface area contributed by atoms with Crippen molar-refractivity contribution in [3.8, 4) is 0 Å². The third-order valence-electron chi connectivity index (χ3n) is 2.92. The lowest BCUT2D eigenvalue weighted by Gasteiger charge is -2.29. The van der Waals surface area contributed by atoms with Crippen LogP contribution < -0.4 is 5.73 Å². The van der Waals surface area contributed by atoms with Crippen LogP contribution in [-0.4, -0.2) is 52.0 Å². The Hall–Kier alpha value is -0.880. The molecule has 0 radical (unpaired) electrons. The fourth-order valence-corrected chi connectivity index (χ4v) is 1.92. The van der Waals surface area contributed by atoms with Crippen LogP contribution in [0.4, 0.5) is 0 Å². The van der Waals surface area contributed by atoms with Crippen molar-refractivity contribution in [3.05, 3.63) is 23.7 Å². The molecular formula is C13H24N2O3. The lowest BCUT2D eigenvalue weighted by atomic mass is 10.2. The van der Waals surface area contributed by atoms with Crippen LogP contribution in [0.2, 0.25) is 0 Å². The first-order chi connectivity index (χ1) is 8.72. The molecule has 18 heavy (non-hydrogen) atoms. The van der Waals surface area contributed by atoms with E-state index in [0.29, 0.717) is 19.8 Å². The first-order valence-electron chi connectivity index (χ1n) is 6.21. The quantitative estimate of drug-likeness (QED) is 0.719. The summed E-state index contributed by atoms with van der Waals surface area (Å²) in [6.45, 7) is 5.40. The molecule has 0 saturated carbocycles. The number of aryl methyl sites for hydroxylation is 1. The van der Waals surface area contributed by atoms with Crippen LogP contribution >= 0.6 is 0 Å². The third kappa shape index (κ3) is 4.42. The zero-order valence-corrected chi connectivity index (χ0v) is 11.5. The van der Waals surface area contributed by atoms with Crippen LogP contribution in [0.15, 0.2) is 16.5 Å². The molecule has 0 bridgehead atoms. The normalized spacial score (nSPS) is 13.2. The molecule has 1 heterocycles. The highest BCUT2D eigenvalue weighted by Gasteiger charge is 2.21. The molecular weight excluding hydrogens is 232 g/mol. The van der Waals surface area contributed by atoms with E-state index in [1.165, 1.54) is 0 Å². The highest BCUT2D eigenvalue weighted by atomic mass is 16.5. The molecule has 104 valence electrons. The summed E-state index contributed by atoms with van der Waals surface area (Å²) in [5, 5.41) is 0. The minimum absolute atomic E-state index is 0.0731. The van der Waals surface area contributed by atoms with Crippen LogP contribution in [0.5, 0.6) is 0 Å². The lowest BCUT2D eigenvalue weighted by Crippen LogP contribution is -2.38. The lowest BCUT2D eigenvalue weighted by molar-refractivity contribution is 0.0820. The highest BCUT2D eigenvalue weighted by Crippen LogP contribution is 2.21. The third-order valence-corrected chi connectivity index (χ3v) is 2.92. The molecule has 0 aromatic carbocycles. The van der Waals surface area contributed by atoms with Crippen LogP contribution in [0.25, 0.3) is 0 Å². The van der Waals surface area contributed by atoms with Gasteiger partial charge in [-0.3, -0.25) is 4.90 Å². The minimum Gasteiger partial charge on any atom is -0.465 e. The predicted octanol–water partition coefficient (Wildman–Crippen LogP) is 1.18. The number of rotatable bonds is 9. The first-order valence-corrected chi connectivity index (χ1v) is 6.21. The largest absolute Gasteiger partial charge is 0.465 e. The molecule has 1 unspecified atom stereocenters. The second-order valence-corrected chi connectivity index (χ2v) is 4.22. The van der Waals surface area contributed by atoms with Crippen molar-refractivity contribution in [1.82, 2.24) is 4.90 Å². The molecule has 0 amide bonds. The molecule has 1 aromatic heterocycles. The second kappa shape index (κ2) is 8.26. The molecule has 2 N–H and O–H groups in total. The number of nitrogens with two attached hydrogens (primary N) is 1. The molecule has 0 aliphatic heterocycles. The Labute approximate surface area is 109 Å². The van der Waals surface area contributed by atoms with E-state index in [1.54, 1.807) is 14.2 Å². The fraction of sp³-hybridized carbons (Fsp3) is 0.692. The van der Waals surface area contributed by atoms with E-state index >= 15 is 0 Å².